The van der Waals surface area contributed by atoms with E-state index in [9.17, 15) is 5.11 Å². The molecule has 1 atom stereocenters. The molecule has 4 aromatic rings. The van der Waals surface area contributed by atoms with Crippen LogP contribution < -0.4 is 16.2 Å². The molecule has 0 spiro atoms. The van der Waals surface area contributed by atoms with E-state index < -0.39 is 5.54 Å². The summed E-state index contributed by atoms with van der Waals surface area (Å²) < 4.78 is 0. The van der Waals surface area contributed by atoms with Crippen LogP contribution in [0.5, 0.6) is 0 Å². The second kappa shape index (κ2) is 8.43. The topological polar surface area (TPSA) is 61.5 Å². The predicted octanol–water partition coefficient (Wildman–Crippen LogP) is 5.47. The molecule has 4 nitrogen and oxygen atoms in total. The highest BCUT2D eigenvalue weighted by Crippen LogP contribution is 2.50. The van der Waals surface area contributed by atoms with Crippen LogP contribution in [-0.4, -0.2) is 5.11 Å². The standard InChI is InChI=1S/C27H24BrN3O/c28-26-23-16-19(18-32)24(29)17-25(23)31(30-26)27(20-10-4-1-5-11-20,21-12-6-2-7-13-21)22-14-8-3-9-15-22/h1-17,26,30,32H,18,29H2. The van der Waals surface area contributed by atoms with Gasteiger partial charge in [0.1, 0.15) is 10.5 Å². The van der Waals surface area contributed by atoms with Gasteiger partial charge in [-0.05, 0) is 28.8 Å². The largest absolute Gasteiger partial charge is 0.398 e. The molecule has 0 saturated carbocycles. The third-order valence-corrected chi connectivity index (χ3v) is 6.82. The van der Waals surface area contributed by atoms with Crippen LogP contribution in [0, 0.1) is 0 Å². The second-order valence-corrected chi connectivity index (χ2v) is 8.82. The minimum absolute atomic E-state index is 0.0972. The Morgan fingerprint density at radius 1 is 0.812 bits per heavy atom. The minimum Gasteiger partial charge on any atom is -0.398 e. The summed E-state index contributed by atoms with van der Waals surface area (Å²) >= 11 is 3.80. The van der Waals surface area contributed by atoms with Crippen LogP contribution >= 0.6 is 15.9 Å². The number of nitrogens with two attached hydrogens (primary N) is 1. The first-order chi connectivity index (χ1) is 15.7. The molecular formula is C27H24BrN3O. The van der Waals surface area contributed by atoms with Gasteiger partial charge >= 0.3 is 0 Å². The van der Waals surface area contributed by atoms with Crippen LogP contribution in [0.3, 0.4) is 0 Å². The van der Waals surface area contributed by atoms with E-state index in [-0.39, 0.29) is 11.6 Å². The number of halogens is 1. The average molecular weight is 486 g/mol. The van der Waals surface area contributed by atoms with Gasteiger partial charge < -0.3 is 10.8 Å². The molecule has 1 unspecified atom stereocenters. The Morgan fingerprint density at radius 2 is 1.28 bits per heavy atom. The van der Waals surface area contributed by atoms with Crippen molar-refractivity contribution >= 4 is 27.3 Å². The van der Waals surface area contributed by atoms with Crippen LogP contribution in [0.15, 0.2) is 103 Å². The number of hydrogen-bond donors (Lipinski definition) is 3. The van der Waals surface area contributed by atoms with Crippen molar-refractivity contribution in [2.45, 2.75) is 17.1 Å². The maximum absolute atomic E-state index is 9.77. The van der Waals surface area contributed by atoms with Gasteiger partial charge in [-0.25, -0.2) is 5.43 Å². The fourth-order valence-corrected chi connectivity index (χ4v) is 5.23. The number of benzene rings is 4. The minimum atomic E-state index is -0.659. The highest BCUT2D eigenvalue weighted by Gasteiger charge is 2.47. The van der Waals surface area contributed by atoms with Gasteiger partial charge in [0.15, 0.2) is 0 Å². The van der Waals surface area contributed by atoms with E-state index >= 15 is 0 Å². The fraction of sp³-hybridized carbons (Fsp3) is 0.111. The lowest BCUT2D eigenvalue weighted by Gasteiger charge is -2.45. The highest BCUT2D eigenvalue weighted by molar-refractivity contribution is 9.09. The summed E-state index contributed by atoms with van der Waals surface area (Å²) in [6.07, 6.45) is 0. The van der Waals surface area contributed by atoms with Crippen molar-refractivity contribution in [1.82, 2.24) is 5.43 Å². The summed E-state index contributed by atoms with van der Waals surface area (Å²) in [5, 5.41) is 12.0. The lowest BCUT2D eigenvalue weighted by atomic mass is 9.76. The zero-order valence-corrected chi connectivity index (χ0v) is 19.0. The van der Waals surface area contributed by atoms with E-state index in [1.165, 1.54) is 0 Å². The van der Waals surface area contributed by atoms with Crippen LogP contribution in [0.2, 0.25) is 0 Å². The Hall–Kier alpha value is -3.12. The molecule has 1 aliphatic rings. The Bertz CT molecular complexity index is 1120. The zero-order valence-electron chi connectivity index (χ0n) is 17.4. The van der Waals surface area contributed by atoms with Gasteiger partial charge in [0, 0.05) is 16.8 Å². The second-order valence-electron chi connectivity index (χ2n) is 7.90. The Balaban J connectivity index is 1.86. The van der Waals surface area contributed by atoms with Gasteiger partial charge in [-0.1, -0.05) is 107 Å². The lowest BCUT2D eigenvalue weighted by Crippen LogP contribution is -2.53. The normalized spacial score (nSPS) is 15.6. The summed E-state index contributed by atoms with van der Waals surface area (Å²) in [7, 11) is 0. The molecule has 1 aliphatic heterocycles. The van der Waals surface area contributed by atoms with Gasteiger partial charge in [0.25, 0.3) is 0 Å². The van der Waals surface area contributed by atoms with Crippen molar-refractivity contribution in [3.63, 3.8) is 0 Å². The summed E-state index contributed by atoms with van der Waals surface area (Å²) in [5.41, 5.74) is 16.0. The lowest BCUT2D eigenvalue weighted by molar-refractivity contribution is 0.282. The van der Waals surface area contributed by atoms with Crippen molar-refractivity contribution in [3.05, 3.63) is 131 Å². The quantitative estimate of drug-likeness (QED) is 0.152. The molecule has 0 saturated heterocycles. The number of alkyl halides is 1. The van der Waals surface area contributed by atoms with Crippen molar-refractivity contribution in [2.24, 2.45) is 0 Å². The number of nitrogens with one attached hydrogen (secondary N) is 1. The maximum Gasteiger partial charge on any atom is 0.131 e. The number of nitrogens with zero attached hydrogens (tertiary/aromatic N) is 1. The number of rotatable bonds is 5. The first-order valence-electron chi connectivity index (χ1n) is 10.6. The number of aliphatic hydroxyl groups excluding tert-OH is 1. The smallest absolute Gasteiger partial charge is 0.131 e. The Kier molecular flexibility index (Phi) is 5.47. The first kappa shape index (κ1) is 20.8. The van der Waals surface area contributed by atoms with Crippen molar-refractivity contribution < 1.29 is 5.11 Å². The average Bonchev–Trinajstić information content (AvgIpc) is 3.16. The third-order valence-electron chi connectivity index (χ3n) is 6.13. The molecule has 0 radical (unpaired) electrons. The SMILES string of the molecule is Nc1cc2c(cc1CO)C(Br)NN2C(c1ccccc1)(c1ccccc1)c1ccccc1. The van der Waals surface area contributed by atoms with E-state index in [1.54, 1.807) is 0 Å². The Morgan fingerprint density at radius 3 is 1.72 bits per heavy atom. The van der Waals surface area contributed by atoms with Crippen LogP contribution in [0.4, 0.5) is 11.4 Å². The molecule has 1 heterocycles. The van der Waals surface area contributed by atoms with E-state index in [1.807, 2.05) is 30.3 Å². The molecule has 160 valence electrons. The van der Waals surface area contributed by atoms with Gasteiger partial charge in [-0.15, -0.1) is 0 Å². The summed E-state index contributed by atoms with van der Waals surface area (Å²) in [4.78, 5) is -0.126. The Labute approximate surface area is 196 Å². The monoisotopic (exact) mass is 485 g/mol. The van der Waals surface area contributed by atoms with Crippen LogP contribution in [-0.2, 0) is 12.1 Å². The third kappa shape index (κ3) is 3.21. The highest BCUT2D eigenvalue weighted by atomic mass is 79.9. The summed E-state index contributed by atoms with van der Waals surface area (Å²) in [6.45, 7) is -0.0972. The van der Waals surface area contributed by atoms with Gasteiger partial charge in [-0.2, -0.15) is 0 Å². The number of anilines is 2. The molecule has 5 rings (SSSR count). The van der Waals surface area contributed by atoms with Crippen LogP contribution in [0.25, 0.3) is 0 Å². The molecule has 5 heteroatoms. The first-order valence-corrected chi connectivity index (χ1v) is 11.5. The molecular weight excluding hydrogens is 462 g/mol. The molecule has 4 aromatic carbocycles. The van der Waals surface area contributed by atoms with E-state index in [0.29, 0.717) is 5.69 Å². The van der Waals surface area contributed by atoms with Crippen molar-refractivity contribution in [2.75, 3.05) is 10.7 Å². The molecule has 0 bridgehead atoms. The summed E-state index contributed by atoms with van der Waals surface area (Å²) in [5.74, 6) is 0. The molecule has 4 N–H and O–H groups in total. The van der Waals surface area contributed by atoms with Crippen molar-refractivity contribution in [3.8, 4) is 0 Å². The molecule has 0 aromatic heterocycles. The van der Waals surface area contributed by atoms with Gasteiger partial charge in [0.05, 0.1) is 12.3 Å². The number of aliphatic hydroxyl groups is 1. The predicted molar refractivity (Wildman–Crippen MR) is 133 cm³/mol. The number of hydrogen-bond acceptors (Lipinski definition) is 4. The van der Waals surface area contributed by atoms with E-state index in [2.05, 4.69) is 99.2 Å². The number of hydrazine groups is 1. The fourth-order valence-electron chi connectivity index (χ4n) is 4.66. The van der Waals surface area contributed by atoms with Crippen molar-refractivity contribution in [1.29, 1.82) is 0 Å². The number of fused-ring (bicyclic) bond motifs is 1. The van der Waals surface area contributed by atoms with Gasteiger partial charge in [-0.3, -0.25) is 5.01 Å². The molecule has 0 fully saturated rings. The summed E-state index contributed by atoms with van der Waals surface area (Å²) in [6, 6.07) is 35.4. The number of nitrogen functional groups attached to an aromatic ring is 1. The maximum atomic E-state index is 9.77. The van der Waals surface area contributed by atoms with Gasteiger partial charge in [0.2, 0.25) is 0 Å². The zero-order chi connectivity index (χ0) is 22.1. The van der Waals surface area contributed by atoms with E-state index in [4.69, 9.17) is 5.73 Å². The van der Waals surface area contributed by atoms with E-state index in [0.717, 1.165) is 33.5 Å². The molecule has 0 aliphatic carbocycles. The molecule has 0 amide bonds. The van der Waals surface area contributed by atoms with Crippen LogP contribution in [0.1, 0.15) is 32.8 Å². The molecule has 32 heavy (non-hydrogen) atoms.